The highest BCUT2D eigenvalue weighted by atomic mass is 32.2. The van der Waals surface area contributed by atoms with Crippen molar-refractivity contribution in [3.05, 3.63) is 48.3 Å². The van der Waals surface area contributed by atoms with Gasteiger partial charge in [0.05, 0.1) is 6.54 Å². The molecule has 0 amide bonds. The van der Waals surface area contributed by atoms with Gasteiger partial charge in [0.15, 0.2) is 0 Å². The van der Waals surface area contributed by atoms with Gasteiger partial charge in [0, 0.05) is 35.1 Å². The average molecular weight is 259 g/mol. The van der Waals surface area contributed by atoms with Crippen LogP contribution in [0.2, 0.25) is 0 Å². The van der Waals surface area contributed by atoms with Crippen molar-refractivity contribution in [2.24, 2.45) is 0 Å². The summed E-state index contributed by atoms with van der Waals surface area (Å²) in [5, 5.41) is 7.94. The van der Waals surface area contributed by atoms with E-state index in [2.05, 4.69) is 41.6 Å². The van der Waals surface area contributed by atoms with E-state index in [-0.39, 0.29) is 0 Å². The summed E-state index contributed by atoms with van der Waals surface area (Å²) in [6.45, 7) is 3.13. The van der Waals surface area contributed by atoms with Gasteiger partial charge in [0.1, 0.15) is 0 Å². The van der Waals surface area contributed by atoms with E-state index in [4.69, 9.17) is 0 Å². The first-order chi connectivity index (χ1) is 8.83. The monoisotopic (exact) mass is 259 g/mol. The third-order valence-electron chi connectivity index (χ3n) is 3.21. The molecule has 1 aromatic carbocycles. The normalized spacial score (nSPS) is 19.7. The molecule has 1 N–H and O–H groups in total. The van der Waals surface area contributed by atoms with Crippen LogP contribution in [-0.2, 0) is 6.54 Å². The van der Waals surface area contributed by atoms with E-state index in [1.807, 2.05) is 34.9 Å². The molecule has 0 saturated heterocycles. The van der Waals surface area contributed by atoms with Gasteiger partial charge in [0.25, 0.3) is 0 Å². The predicted octanol–water partition coefficient (Wildman–Crippen LogP) is 2.71. The molecule has 1 aliphatic heterocycles. The van der Waals surface area contributed by atoms with Crippen LogP contribution < -0.4 is 5.32 Å². The fraction of sp³-hybridized carbons (Fsp3) is 0.357. The molecule has 94 valence electrons. The Kier molecular flexibility index (Phi) is 3.39. The lowest BCUT2D eigenvalue weighted by Crippen LogP contribution is -2.34. The number of benzene rings is 1. The van der Waals surface area contributed by atoms with Gasteiger partial charge in [-0.3, -0.25) is 4.68 Å². The van der Waals surface area contributed by atoms with Crippen molar-refractivity contribution in [1.29, 1.82) is 0 Å². The minimum absolute atomic E-state index is 0.418. The van der Waals surface area contributed by atoms with Crippen LogP contribution in [0, 0.1) is 0 Å². The Labute approximate surface area is 112 Å². The summed E-state index contributed by atoms with van der Waals surface area (Å²) in [6.07, 6.45) is 3.84. The minimum Gasteiger partial charge on any atom is -0.305 e. The molecule has 2 heterocycles. The first-order valence-corrected chi connectivity index (χ1v) is 7.26. The molecule has 0 radical (unpaired) electrons. The third-order valence-corrected chi connectivity index (χ3v) is 4.39. The van der Waals surface area contributed by atoms with Gasteiger partial charge < -0.3 is 5.32 Å². The summed E-state index contributed by atoms with van der Waals surface area (Å²) in [5.41, 5.74) is 1.44. The zero-order valence-electron chi connectivity index (χ0n) is 10.4. The van der Waals surface area contributed by atoms with Crippen LogP contribution in [-0.4, -0.2) is 21.6 Å². The molecule has 3 nitrogen and oxygen atoms in total. The third kappa shape index (κ3) is 2.44. The van der Waals surface area contributed by atoms with Gasteiger partial charge in [-0.1, -0.05) is 18.2 Å². The van der Waals surface area contributed by atoms with E-state index in [0.717, 1.165) is 12.3 Å². The molecule has 1 aliphatic rings. The highest BCUT2D eigenvalue weighted by molar-refractivity contribution is 7.99. The van der Waals surface area contributed by atoms with E-state index in [0.29, 0.717) is 12.1 Å². The summed E-state index contributed by atoms with van der Waals surface area (Å²) in [6, 6.07) is 11.5. The Morgan fingerprint density at radius 3 is 3.17 bits per heavy atom. The molecule has 0 spiro atoms. The maximum atomic E-state index is 4.25. The van der Waals surface area contributed by atoms with Crippen molar-refractivity contribution in [3.63, 3.8) is 0 Å². The lowest BCUT2D eigenvalue weighted by Gasteiger charge is -2.19. The Morgan fingerprint density at radius 2 is 2.33 bits per heavy atom. The SMILES string of the molecule is CC(Cn1cccn1)NC1CSc2ccccc21. The van der Waals surface area contributed by atoms with Crippen LogP contribution in [0.5, 0.6) is 0 Å². The van der Waals surface area contributed by atoms with Gasteiger partial charge in [-0.25, -0.2) is 0 Å². The van der Waals surface area contributed by atoms with Gasteiger partial charge >= 0.3 is 0 Å². The Hall–Kier alpha value is -1.26. The van der Waals surface area contributed by atoms with Gasteiger partial charge in [-0.15, -0.1) is 11.8 Å². The number of hydrogen-bond donors (Lipinski definition) is 1. The smallest absolute Gasteiger partial charge is 0.0560 e. The first kappa shape index (κ1) is 11.8. The number of nitrogens with zero attached hydrogens (tertiary/aromatic N) is 2. The van der Waals surface area contributed by atoms with Crippen molar-refractivity contribution in [3.8, 4) is 0 Å². The van der Waals surface area contributed by atoms with Crippen molar-refractivity contribution in [1.82, 2.24) is 15.1 Å². The zero-order chi connectivity index (χ0) is 12.4. The lowest BCUT2D eigenvalue weighted by atomic mass is 10.1. The molecule has 0 aliphatic carbocycles. The second-order valence-corrected chi connectivity index (χ2v) is 5.76. The second-order valence-electron chi connectivity index (χ2n) is 4.70. The topological polar surface area (TPSA) is 29.9 Å². The van der Waals surface area contributed by atoms with Gasteiger partial charge in [0.2, 0.25) is 0 Å². The standard InChI is InChI=1S/C14H17N3S/c1-11(9-17-8-4-7-15-17)16-13-10-18-14-6-3-2-5-12(13)14/h2-8,11,13,16H,9-10H2,1H3. The highest BCUT2D eigenvalue weighted by Crippen LogP contribution is 2.37. The fourth-order valence-electron chi connectivity index (χ4n) is 2.39. The molecule has 0 bridgehead atoms. The average Bonchev–Trinajstić information content (AvgIpc) is 3.00. The van der Waals surface area contributed by atoms with E-state index >= 15 is 0 Å². The Balaban J connectivity index is 1.64. The highest BCUT2D eigenvalue weighted by Gasteiger charge is 2.23. The quantitative estimate of drug-likeness (QED) is 0.915. The fourth-order valence-corrected chi connectivity index (χ4v) is 3.56. The summed E-state index contributed by atoms with van der Waals surface area (Å²) in [4.78, 5) is 1.42. The van der Waals surface area contributed by atoms with E-state index in [1.54, 1.807) is 0 Å². The number of fused-ring (bicyclic) bond motifs is 1. The summed E-state index contributed by atoms with van der Waals surface area (Å²) >= 11 is 1.94. The number of rotatable bonds is 4. The molecular weight excluding hydrogens is 242 g/mol. The van der Waals surface area contributed by atoms with E-state index < -0.39 is 0 Å². The number of nitrogens with one attached hydrogen (secondary N) is 1. The summed E-state index contributed by atoms with van der Waals surface area (Å²) < 4.78 is 1.98. The van der Waals surface area contributed by atoms with Gasteiger partial charge in [-0.2, -0.15) is 5.10 Å². The molecule has 0 saturated carbocycles. The van der Waals surface area contributed by atoms with Crippen molar-refractivity contribution < 1.29 is 0 Å². The number of thioether (sulfide) groups is 1. The summed E-state index contributed by atoms with van der Waals surface area (Å²) in [5.74, 6) is 1.13. The Bertz CT molecular complexity index is 510. The van der Waals surface area contributed by atoms with Crippen LogP contribution >= 0.6 is 11.8 Å². The van der Waals surface area contributed by atoms with Crippen LogP contribution in [0.1, 0.15) is 18.5 Å². The molecular formula is C14H17N3S. The lowest BCUT2D eigenvalue weighted by molar-refractivity contribution is 0.416. The first-order valence-electron chi connectivity index (χ1n) is 6.28. The van der Waals surface area contributed by atoms with Gasteiger partial charge in [-0.05, 0) is 24.6 Å². The summed E-state index contributed by atoms with van der Waals surface area (Å²) in [7, 11) is 0. The molecule has 0 fully saturated rings. The van der Waals surface area contributed by atoms with E-state index in [9.17, 15) is 0 Å². The zero-order valence-corrected chi connectivity index (χ0v) is 11.2. The molecule has 2 unspecified atom stereocenters. The van der Waals surface area contributed by atoms with E-state index in [1.165, 1.54) is 10.5 Å². The Morgan fingerprint density at radius 1 is 1.44 bits per heavy atom. The molecule has 4 heteroatoms. The van der Waals surface area contributed by atoms with Crippen molar-refractivity contribution in [2.45, 2.75) is 30.4 Å². The van der Waals surface area contributed by atoms with Crippen LogP contribution in [0.4, 0.5) is 0 Å². The number of hydrogen-bond acceptors (Lipinski definition) is 3. The molecule has 3 rings (SSSR count). The second kappa shape index (κ2) is 5.16. The molecule has 2 aromatic rings. The minimum atomic E-state index is 0.418. The molecule has 1 aromatic heterocycles. The van der Waals surface area contributed by atoms with Crippen molar-refractivity contribution >= 4 is 11.8 Å². The largest absolute Gasteiger partial charge is 0.305 e. The van der Waals surface area contributed by atoms with Crippen molar-refractivity contribution in [2.75, 3.05) is 5.75 Å². The van der Waals surface area contributed by atoms with Crippen LogP contribution in [0.3, 0.4) is 0 Å². The van der Waals surface area contributed by atoms with Crippen LogP contribution in [0.15, 0.2) is 47.6 Å². The number of aromatic nitrogens is 2. The van der Waals surface area contributed by atoms with Crippen LogP contribution in [0.25, 0.3) is 0 Å². The maximum absolute atomic E-state index is 4.25. The molecule has 18 heavy (non-hydrogen) atoms. The predicted molar refractivity (Wildman–Crippen MR) is 74.7 cm³/mol. The maximum Gasteiger partial charge on any atom is 0.0560 e. The molecule has 2 atom stereocenters.